The highest BCUT2D eigenvalue weighted by Crippen LogP contribution is 2.32. The monoisotopic (exact) mass is 342 g/mol. The van der Waals surface area contributed by atoms with Gasteiger partial charge in [0.25, 0.3) is 0 Å². The standard InChI is InChI=1S/C15H13BrClFO/c1-8-3-4-10(5-9(8)2)15(19)11-6-13(17)12(16)7-14(11)18/h3-7,15,19H,1-2H3. The summed E-state index contributed by atoms with van der Waals surface area (Å²) in [4.78, 5) is 0. The molecule has 0 bridgehead atoms. The summed E-state index contributed by atoms with van der Waals surface area (Å²) in [6.45, 7) is 3.94. The van der Waals surface area contributed by atoms with Crippen LogP contribution in [0.2, 0.25) is 5.02 Å². The number of aryl methyl sites for hydroxylation is 2. The van der Waals surface area contributed by atoms with Crippen molar-refractivity contribution in [3.8, 4) is 0 Å². The third-order valence-corrected chi connectivity index (χ3v) is 4.38. The summed E-state index contributed by atoms with van der Waals surface area (Å²) in [6, 6.07) is 8.27. The molecular weight excluding hydrogens is 331 g/mol. The van der Waals surface area contributed by atoms with Gasteiger partial charge in [-0.1, -0.05) is 29.8 Å². The van der Waals surface area contributed by atoms with Gasteiger partial charge in [-0.2, -0.15) is 0 Å². The third kappa shape index (κ3) is 2.99. The molecule has 4 heteroatoms. The Kier molecular flexibility index (Phi) is 4.29. The van der Waals surface area contributed by atoms with Crippen LogP contribution in [0.1, 0.15) is 28.4 Å². The van der Waals surface area contributed by atoms with Crippen LogP contribution in [-0.4, -0.2) is 5.11 Å². The summed E-state index contributed by atoms with van der Waals surface area (Å²) in [5.41, 5.74) is 3.02. The first-order chi connectivity index (χ1) is 8.90. The minimum Gasteiger partial charge on any atom is -0.384 e. The molecule has 0 aromatic heterocycles. The molecule has 0 saturated carbocycles. The molecule has 0 radical (unpaired) electrons. The average Bonchev–Trinajstić information content (AvgIpc) is 2.36. The lowest BCUT2D eigenvalue weighted by Gasteiger charge is -2.15. The van der Waals surface area contributed by atoms with E-state index in [-0.39, 0.29) is 5.56 Å². The van der Waals surface area contributed by atoms with E-state index in [1.807, 2.05) is 26.0 Å². The molecule has 19 heavy (non-hydrogen) atoms. The van der Waals surface area contributed by atoms with Crippen molar-refractivity contribution in [1.29, 1.82) is 0 Å². The summed E-state index contributed by atoms with van der Waals surface area (Å²) < 4.78 is 14.4. The summed E-state index contributed by atoms with van der Waals surface area (Å²) in [7, 11) is 0. The lowest BCUT2D eigenvalue weighted by Crippen LogP contribution is -2.03. The summed E-state index contributed by atoms with van der Waals surface area (Å²) in [6.07, 6.45) is -1.02. The van der Waals surface area contributed by atoms with E-state index in [0.717, 1.165) is 11.1 Å². The molecule has 0 aliphatic carbocycles. The second-order valence-electron chi connectivity index (χ2n) is 4.53. The second-order valence-corrected chi connectivity index (χ2v) is 5.80. The molecule has 2 aromatic carbocycles. The fraction of sp³-hybridized carbons (Fsp3) is 0.200. The van der Waals surface area contributed by atoms with Crippen LogP contribution in [0.15, 0.2) is 34.8 Å². The van der Waals surface area contributed by atoms with E-state index in [0.29, 0.717) is 15.1 Å². The number of benzene rings is 2. The molecule has 1 N–H and O–H groups in total. The van der Waals surface area contributed by atoms with Crippen LogP contribution >= 0.6 is 27.5 Å². The molecule has 0 aliphatic heterocycles. The molecule has 0 saturated heterocycles. The van der Waals surface area contributed by atoms with Gasteiger partial charge in [-0.3, -0.25) is 0 Å². The fourth-order valence-electron chi connectivity index (χ4n) is 1.86. The maximum absolute atomic E-state index is 13.9. The predicted octanol–water partition coefficient (Wildman–Crippen LogP) is 4.94. The molecule has 2 aromatic rings. The van der Waals surface area contributed by atoms with E-state index in [4.69, 9.17) is 11.6 Å². The average molecular weight is 344 g/mol. The lowest BCUT2D eigenvalue weighted by atomic mass is 9.97. The normalized spacial score (nSPS) is 12.5. The quantitative estimate of drug-likeness (QED) is 0.766. The van der Waals surface area contributed by atoms with E-state index >= 15 is 0 Å². The van der Waals surface area contributed by atoms with Crippen LogP contribution in [0.5, 0.6) is 0 Å². The first kappa shape index (κ1) is 14.5. The molecule has 1 atom stereocenters. The van der Waals surface area contributed by atoms with Crippen LogP contribution in [0.25, 0.3) is 0 Å². The smallest absolute Gasteiger partial charge is 0.130 e. The largest absolute Gasteiger partial charge is 0.384 e. The summed E-state index contributed by atoms with van der Waals surface area (Å²) in [5, 5.41) is 10.7. The first-order valence-electron chi connectivity index (χ1n) is 5.80. The van der Waals surface area contributed by atoms with Crippen molar-refractivity contribution in [1.82, 2.24) is 0 Å². The maximum atomic E-state index is 13.9. The van der Waals surface area contributed by atoms with Crippen LogP contribution in [0.3, 0.4) is 0 Å². The van der Waals surface area contributed by atoms with Crippen molar-refractivity contribution in [2.45, 2.75) is 20.0 Å². The molecule has 1 unspecified atom stereocenters. The lowest BCUT2D eigenvalue weighted by molar-refractivity contribution is 0.215. The van der Waals surface area contributed by atoms with E-state index in [1.54, 1.807) is 6.07 Å². The van der Waals surface area contributed by atoms with Gasteiger partial charge in [-0.05, 0) is 58.6 Å². The number of rotatable bonds is 2. The van der Waals surface area contributed by atoms with Gasteiger partial charge in [0.1, 0.15) is 11.9 Å². The zero-order chi connectivity index (χ0) is 14.2. The van der Waals surface area contributed by atoms with Crippen molar-refractivity contribution < 1.29 is 9.50 Å². The van der Waals surface area contributed by atoms with Crippen molar-refractivity contribution in [3.05, 3.63) is 67.9 Å². The van der Waals surface area contributed by atoms with Crippen molar-refractivity contribution in [2.24, 2.45) is 0 Å². The van der Waals surface area contributed by atoms with Gasteiger partial charge in [0, 0.05) is 10.0 Å². The highest BCUT2D eigenvalue weighted by molar-refractivity contribution is 9.10. The van der Waals surface area contributed by atoms with E-state index < -0.39 is 11.9 Å². The number of halogens is 3. The Morgan fingerprint density at radius 1 is 1.16 bits per heavy atom. The van der Waals surface area contributed by atoms with Crippen molar-refractivity contribution >= 4 is 27.5 Å². The first-order valence-corrected chi connectivity index (χ1v) is 6.97. The van der Waals surface area contributed by atoms with Gasteiger partial charge in [0.15, 0.2) is 0 Å². The Morgan fingerprint density at radius 3 is 2.47 bits per heavy atom. The third-order valence-electron chi connectivity index (χ3n) is 3.18. The van der Waals surface area contributed by atoms with Crippen LogP contribution in [0.4, 0.5) is 4.39 Å². The molecule has 0 amide bonds. The highest BCUT2D eigenvalue weighted by atomic mass is 79.9. The van der Waals surface area contributed by atoms with Gasteiger partial charge in [-0.15, -0.1) is 0 Å². The maximum Gasteiger partial charge on any atom is 0.130 e. The number of aliphatic hydroxyl groups is 1. The van der Waals surface area contributed by atoms with Crippen LogP contribution < -0.4 is 0 Å². The molecule has 0 fully saturated rings. The molecular formula is C15H13BrClFO. The van der Waals surface area contributed by atoms with Gasteiger partial charge in [0.05, 0.1) is 5.02 Å². The minimum absolute atomic E-state index is 0.177. The summed E-state index contributed by atoms with van der Waals surface area (Å²) in [5.74, 6) is -0.484. The fourth-order valence-corrected chi connectivity index (χ4v) is 2.35. The zero-order valence-corrected chi connectivity index (χ0v) is 12.9. The second kappa shape index (κ2) is 5.61. The molecule has 0 heterocycles. The number of hydrogen-bond acceptors (Lipinski definition) is 1. The SMILES string of the molecule is Cc1ccc(C(O)c2cc(Cl)c(Br)cc2F)cc1C. The zero-order valence-electron chi connectivity index (χ0n) is 10.5. The minimum atomic E-state index is -1.02. The molecule has 100 valence electrons. The molecule has 2 rings (SSSR count). The molecule has 1 nitrogen and oxygen atoms in total. The van der Waals surface area contributed by atoms with Gasteiger partial charge in [-0.25, -0.2) is 4.39 Å². The van der Waals surface area contributed by atoms with Gasteiger partial charge >= 0.3 is 0 Å². The Balaban J connectivity index is 2.46. The van der Waals surface area contributed by atoms with Gasteiger partial charge < -0.3 is 5.11 Å². The Bertz CT molecular complexity index is 628. The predicted molar refractivity (Wildman–Crippen MR) is 79.1 cm³/mol. The number of aliphatic hydroxyl groups excluding tert-OH is 1. The van der Waals surface area contributed by atoms with Gasteiger partial charge in [0.2, 0.25) is 0 Å². The Hall–Kier alpha value is -0.900. The molecule has 0 spiro atoms. The van der Waals surface area contributed by atoms with E-state index in [1.165, 1.54) is 12.1 Å². The molecule has 0 aliphatic rings. The van der Waals surface area contributed by atoms with Crippen LogP contribution in [-0.2, 0) is 0 Å². The van der Waals surface area contributed by atoms with E-state index in [2.05, 4.69) is 15.9 Å². The Labute approximate surface area is 125 Å². The Morgan fingerprint density at radius 2 is 1.84 bits per heavy atom. The van der Waals surface area contributed by atoms with Crippen molar-refractivity contribution in [2.75, 3.05) is 0 Å². The number of hydrogen-bond donors (Lipinski definition) is 1. The summed E-state index contributed by atoms with van der Waals surface area (Å²) >= 11 is 9.10. The van der Waals surface area contributed by atoms with Crippen LogP contribution in [0, 0.1) is 19.7 Å². The highest BCUT2D eigenvalue weighted by Gasteiger charge is 2.17. The van der Waals surface area contributed by atoms with Crippen molar-refractivity contribution in [3.63, 3.8) is 0 Å². The topological polar surface area (TPSA) is 20.2 Å². The van der Waals surface area contributed by atoms with E-state index in [9.17, 15) is 9.50 Å².